The number of ether oxygens (including phenoxy) is 3. The summed E-state index contributed by atoms with van der Waals surface area (Å²) in [6.45, 7) is -0.240. The van der Waals surface area contributed by atoms with Crippen molar-refractivity contribution in [3.8, 4) is 0 Å². The van der Waals surface area contributed by atoms with E-state index in [0.29, 0.717) is 16.7 Å². The van der Waals surface area contributed by atoms with Crippen LogP contribution in [0.25, 0.3) is 0 Å². The highest BCUT2D eigenvalue weighted by Crippen LogP contribution is 2.24. The number of benzene rings is 4. The Morgan fingerprint density at radius 2 is 0.744 bits per heavy atom. The summed E-state index contributed by atoms with van der Waals surface area (Å²) in [5.74, 6) is -2.69. The zero-order valence-corrected chi connectivity index (χ0v) is 21.4. The Labute approximate surface area is 229 Å². The highest BCUT2D eigenvalue weighted by atomic mass is 35.5. The van der Waals surface area contributed by atoms with E-state index in [1.165, 1.54) is 0 Å². The molecule has 0 saturated carbocycles. The van der Waals surface area contributed by atoms with E-state index in [1.807, 2.05) is 18.2 Å². The highest BCUT2D eigenvalue weighted by molar-refractivity contribution is 6.68. The van der Waals surface area contributed by atoms with Gasteiger partial charge in [-0.25, -0.2) is 14.4 Å². The lowest BCUT2D eigenvalue weighted by molar-refractivity contribution is 0.0422. The van der Waals surface area contributed by atoms with Crippen molar-refractivity contribution in [3.63, 3.8) is 0 Å². The molecule has 0 aliphatic heterocycles. The Hall–Kier alpha value is -4.75. The van der Waals surface area contributed by atoms with Crippen LogP contribution in [-0.2, 0) is 34.0 Å². The topological polar surface area (TPSA) is 96.0 Å². The smallest absolute Gasteiger partial charge is 0.339 e. The summed E-state index contributed by atoms with van der Waals surface area (Å²) in [6.07, 6.45) is 0. The van der Waals surface area contributed by atoms with Gasteiger partial charge in [-0.05, 0) is 40.4 Å². The molecule has 0 aliphatic carbocycles. The third-order valence-corrected chi connectivity index (χ3v) is 5.87. The van der Waals surface area contributed by atoms with Crippen molar-refractivity contribution in [1.82, 2.24) is 0 Å². The second-order valence-corrected chi connectivity index (χ2v) is 8.75. The first-order valence-corrected chi connectivity index (χ1v) is 12.3. The van der Waals surface area contributed by atoms with Gasteiger partial charge in [0.2, 0.25) is 0 Å². The molecule has 0 aromatic heterocycles. The second kappa shape index (κ2) is 13.2. The molecule has 0 saturated heterocycles. The number of hydrogen-bond donors (Lipinski definition) is 0. The molecular formula is C31H23ClO7. The van der Waals surface area contributed by atoms with Crippen molar-refractivity contribution in [2.24, 2.45) is 0 Å². The van der Waals surface area contributed by atoms with Crippen LogP contribution in [0.5, 0.6) is 0 Å². The lowest BCUT2D eigenvalue weighted by Crippen LogP contribution is -2.19. The fraction of sp³-hybridized carbons (Fsp3) is 0.0968. The van der Waals surface area contributed by atoms with E-state index in [9.17, 15) is 19.2 Å². The van der Waals surface area contributed by atoms with Gasteiger partial charge in [0.15, 0.2) is 0 Å². The Bertz CT molecular complexity index is 1470. The van der Waals surface area contributed by atoms with Gasteiger partial charge < -0.3 is 14.2 Å². The van der Waals surface area contributed by atoms with E-state index in [0.717, 1.165) is 12.1 Å². The van der Waals surface area contributed by atoms with Gasteiger partial charge in [0.05, 0.1) is 16.7 Å². The largest absolute Gasteiger partial charge is 0.457 e. The van der Waals surface area contributed by atoms with Gasteiger partial charge in [0, 0.05) is 5.56 Å². The number of halogens is 1. The van der Waals surface area contributed by atoms with Gasteiger partial charge in [-0.1, -0.05) is 91.0 Å². The predicted octanol–water partition coefficient (Wildman–Crippen LogP) is 6.14. The first-order valence-electron chi connectivity index (χ1n) is 11.9. The maximum atomic E-state index is 13.2. The molecule has 4 rings (SSSR count). The summed E-state index contributed by atoms with van der Waals surface area (Å²) >= 11 is 5.78. The van der Waals surface area contributed by atoms with Crippen molar-refractivity contribution in [1.29, 1.82) is 0 Å². The SMILES string of the molecule is O=C(Cl)c1cc(C(=O)OCc2ccccc2)c(C(=O)OCc2ccccc2)cc1C(=O)OCc1ccccc1. The zero-order valence-electron chi connectivity index (χ0n) is 20.7. The van der Waals surface area contributed by atoms with Gasteiger partial charge in [-0.2, -0.15) is 0 Å². The standard InChI is InChI=1S/C31H23ClO7/c32-28(33)24-16-26(30(35)38-19-22-12-6-2-7-13-22)27(31(36)39-20-23-14-8-3-9-15-23)17-25(24)29(34)37-18-21-10-4-1-5-11-21/h1-17H,18-20H2. The van der Waals surface area contributed by atoms with Crippen molar-refractivity contribution < 1.29 is 33.4 Å². The minimum absolute atomic E-state index is 0.0791. The molecule has 0 bridgehead atoms. The third kappa shape index (κ3) is 7.40. The van der Waals surface area contributed by atoms with E-state index in [1.54, 1.807) is 72.8 Å². The van der Waals surface area contributed by atoms with Crippen molar-refractivity contribution in [3.05, 3.63) is 142 Å². The van der Waals surface area contributed by atoms with Crippen LogP contribution in [0, 0.1) is 0 Å². The average Bonchev–Trinajstić information content (AvgIpc) is 2.98. The lowest BCUT2D eigenvalue weighted by Gasteiger charge is -2.14. The van der Waals surface area contributed by atoms with Crippen LogP contribution in [0.3, 0.4) is 0 Å². The molecule has 7 nitrogen and oxygen atoms in total. The van der Waals surface area contributed by atoms with E-state index in [-0.39, 0.29) is 42.1 Å². The van der Waals surface area contributed by atoms with Crippen LogP contribution in [0.1, 0.15) is 58.1 Å². The van der Waals surface area contributed by atoms with Crippen LogP contribution in [0.15, 0.2) is 103 Å². The molecule has 0 radical (unpaired) electrons. The number of rotatable bonds is 10. The fourth-order valence-electron chi connectivity index (χ4n) is 3.67. The molecule has 0 unspecified atom stereocenters. The monoisotopic (exact) mass is 542 g/mol. The second-order valence-electron chi connectivity index (χ2n) is 8.40. The first kappa shape index (κ1) is 27.3. The first-order chi connectivity index (χ1) is 18.9. The Morgan fingerprint density at radius 1 is 0.462 bits per heavy atom. The highest BCUT2D eigenvalue weighted by Gasteiger charge is 2.28. The molecule has 4 aromatic rings. The average molecular weight is 543 g/mol. The molecule has 0 amide bonds. The van der Waals surface area contributed by atoms with Crippen LogP contribution in [-0.4, -0.2) is 23.2 Å². The zero-order chi connectivity index (χ0) is 27.6. The minimum atomic E-state index is -1.01. The number of carbonyl (C=O) groups is 4. The van der Waals surface area contributed by atoms with Crippen molar-refractivity contribution >= 4 is 34.8 Å². The summed E-state index contributed by atoms with van der Waals surface area (Å²) in [5, 5.41) is -1.01. The Balaban J connectivity index is 1.65. The van der Waals surface area contributed by atoms with E-state index in [2.05, 4.69) is 0 Å². The van der Waals surface area contributed by atoms with E-state index in [4.69, 9.17) is 25.8 Å². The predicted molar refractivity (Wildman–Crippen MR) is 143 cm³/mol. The molecule has 0 atom stereocenters. The maximum Gasteiger partial charge on any atom is 0.339 e. The van der Waals surface area contributed by atoms with Crippen LogP contribution < -0.4 is 0 Å². The molecule has 0 heterocycles. The molecule has 4 aromatic carbocycles. The number of esters is 3. The summed E-state index contributed by atoms with van der Waals surface area (Å²) in [7, 11) is 0. The summed E-state index contributed by atoms with van der Waals surface area (Å²) in [6, 6.07) is 28.9. The maximum absolute atomic E-state index is 13.2. The summed E-state index contributed by atoms with van der Waals surface area (Å²) in [5.41, 5.74) is 1.03. The Morgan fingerprint density at radius 3 is 1.05 bits per heavy atom. The van der Waals surface area contributed by atoms with Crippen molar-refractivity contribution in [2.75, 3.05) is 0 Å². The molecule has 0 fully saturated rings. The number of carbonyl (C=O) groups excluding carboxylic acids is 4. The molecular weight excluding hydrogens is 520 g/mol. The molecule has 0 spiro atoms. The lowest BCUT2D eigenvalue weighted by atomic mass is 9.98. The molecule has 0 N–H and O–H groups in total. The van der Waals surface area contributed by atoms with Crippen LogP contribution >= 0.6 is 11.6 Å². The summed E-state index contributed by atoms with van der Waals surface area (Å²) < 4.78 is 16.2. The number of hydrogen-bond acceptors (Lipinski definition) is 7. The summed E-state index contributed by atoms with van der Waals surface area (Å²) in [4.78, 5) is 51.5. The van der Waals surface area contributed by atoms with E-state index < -0.39 is 23.2 Å². The van der Waals surface area contributed by atoms with Gasteiger partial charge >= 0.3 is 17.9 Å². The van der Waals surface area contributed by atoms with Crippen LogP contribution in [0.2, 0.25) is 0 Å². The normalized spacial score (nSPS) is 10.4. The third-order valence-electron chi connectivity index (χ3n) is 5.67. The quantitative estimate of drug-likeness (QED) is 0.135. The van der Waals surface area contributed by atoms with Gasteiger partial charge in [-0.15, -0.1) is 0 Å². The van der Waals surface area contributed by atoms with Crippen LogP contribution in [0.4, 0.5) is 0 Å². The van der Waals surface area contributed by atoms with Gasteiger partial charge in [-0.3, -0.25) is 4.79 Å². The molecule has 0 aliphatic rings. The fourth-order valence-corrected chi connectivity index (χ4v) is 3.83. The van der Waals surface area contributed by atoms with Gasteiger partial charge in [0.1, 0.15) is 19.8 Å². The van der Waals surface area contributed by atoms with Crippen molar-refractivity contribution in [2.45, 2.75) is 19.8 Å². The van der Waals surface area contributed by atoms with Gasteiger partial charge in [0.25, 0.3) is 5.24 Å². The van der Waals surface area contributed by atoms with E-state index >= 15 is 0 Å². The molecule has 39 heavy (non-hydrogen) atoms. The molecule has 8 heteroatoms. The Kier molecular flexibility index (Phi) is 9.21. The molecule has 196 valence electrons. The minimum Gasteiger partial charge on any atom is -0.457 e.